The van der Waals surface area contributed by atoms with E-state index < -0.39 is 0 Å². The highest BCUT2D eigenvalue weighted by Crippen LogP contribution is 2.41. The highest BCUT2D eigenvalue weighted by Gasteiger charge is 2.31. The van der Waals surface area contributed by atoms with Gasteiger partial charge in [-0.2, -0.15) is 0 Å². The third-order valence-electron chi connectivity index (χ3n) is 3.61. The number of fused-ring (bicyclic) bond motifs is 3. The summed E-state index contributed by atoms with van der Waals surface area (Å²) in [5, 5.41) is 1.95. The lowest BCUT2D eigenvalue weighted by atomic mass is 9.95. The van der Waals surface area contributed by atoms with E-state index in [1.54, 1.807) is 11.3 Å². The fourth-order valence-electron chi connectivity index (χ4n) is 2.56. The Bertz CT molecular complexity index is 740. The van der Waals surface area contributed by atoms with Crippen molar-refractivity contribution in [1.82, 2.24) is 9.97 Å². The normalized spacial score (nSPS) is 16.7. The number of thioether (sulfide) groups is 1. The summed E-state index contributed by atoms with van der Waals surface area (Å²) >= 11 is 3.08. The van der Waals surface area contributed by atoms with E-state index in [2.05, 4.69) is 23.8 Å². The molecule has 0 radical (unpaired) electrons. The third-order valence-corrected chi connectivity index (χ3v) is 5.71. The maximum absolute atomic E-state index is 11.1. The molecule has 3 heterocycles. The van der Waals surface area contributed by atoms with Gasteiger partial charge in [0, 0.05) is 23.1 Å². The molecule has 7 heteroatoms. The summed E-state index contributed by atoms with van der Waals surface area (Å²) < 4.78 is 5.90. The Balaban J connectivity index is 2.14. The van der Waals surface area contributed by atoms with E-state index in [0.717, 1.165) is 33.9 Å². The minimum Gasteiger partial charge on any atom is -0.370 e. The van der Waals surface area contributed by atoms with Crippen molar-refractivity contribution in [3.8, 4) is 0 Å². The van der Waals surface area contributed by atoms with Crippen molar-refractivity contribution in [3.63, 3.8) is 0 Å². The molecule has 5 nitrogen and oxygen atoms in total. The van der Waals surface area contributed by atoms with Crippen LogP contribution in [0.1, 0.15) is 37.0 Å². The number of aromatic nitrogens is 2. The van der Waals surface area contributed by atoms with Gasteiger partial charge >= 0.3 is 0 Å². The average Bonchev–Trinajstić information content (AvgIpc) is 2.81. The summed E-state index contributed by atoms with van der Waals surface area (Å²) in [6.45, 7) is 6.84. The summed E-state index contributed by atoms with van der Waals surface area (Å²) in [5.41, 5.74) is 6.38. The van der Waals surface area contributed by atoms with Crippen molar-refractivity contribution in [3.05, 3.63) is 16.3 Å². The molecule has 1 aliphatic rings. The van der Waals surface area contributed by atoms with Crippen molar-refractivity contribution >= 4 is 39.2 Å². The fourth-order valence-corrected chi connectivity index (χ4v) is 4.56. The Hall–Kier alpha value is -1.18. The van der Waals surface area contributed by atoms with Gasteiger partial charge in [0.15, 0.2) is 0 Å². The lowest BCUT2D eigenvalue weighted by Gasteiger charge is -2.30. The second-order valence-electron chi connectivity index (χ2n) is 5.96. The zero-order chi connectivity index (χ0) is 15.9. The molecule has 2 aromatic rings. The lowest BCUT2D eigenvalue weighted by molar-refractivity contribution is -0.115. The van der Waals surface area contributed by atoms with Crippen LogP contribution in [0.3, 0.4) is 0 Å². The first-order chi connectivity index (χ1) is 10.4. The first-order valence-corrected chi connectivity index (χ1v) is 9.06. The van der Waals surface area contributed by atoms with Crippen molar-refractivity contribution < 1.29 is 9.53 Å². The Morgan fingerprint density at radius 2 is 2.23 bits per heavy atom. The fraction of sp³-hybridized carbons (Fsp3) is 0.533. The number of ether oxygens (including phenoxy) is 1. The Morgan fingerprint density at radius 3 is 2.91 bits per heavy atom. The van der Waals surface area contributed by atoms with Gasteiger partial charge in [-0.1, -0.05) is 18.7 Å². The molecule has 0 saturated carbocycles. The van der Waals surface area contributed by atoms with E-state index in [0.29, 0.717) is 6.61 Å². The standard InChI is InChI=1S/C15H19N3O2S2/c1-4-11-17-13(21-7-10(16)19)12-8-5-15(2,3)20-6-9(8)22-14(12)18-11/h4-7H2,1-3H3,(H2,16,19). The van der Waals surface area contributed by atoms with Gasteiger partial charge in [0.25, 0.3) is 0 Å². The topological polar surface area (TPSA) is 78.1 Å². The van der Waals surface area contributed by atoms with Crippen LogP contribution in [-0.2, 0) is 29.0 Å². The number of thiophene rings is 1. The molecule has 2 aromatic heterocycles. The van der Waals surface area contributed by atoms with Crippen molar-refractivity contribution in [1.29, 1.82) is 0 Å². The number of nitrogens with zero attached hydrogens (tertiary/aromatic N) is 2. The summed E-state index contributed by atoms with van der Waals surface area (Å²) in [6.07, 6.45) is 1.60. The Kier molecular flexibility index (Phi) is 4.13. The largest absolute Gasteiger partial charge is 0.370 e. The molecule has 1 amide bonds. The molecule has 22 heavy (non-hydrogen) atoms. The Morgan fingerprint density at radius 1 is 1.45 bits per heavy atom. The number of carbonyl (C=O) groups excluding carboxylic acids is 1. The molecular formula is C15H19N3O2S2. The molecule has 0 spiro atoms. The molecular weight excluding hydrogens is 318 g/mol. The Labute approximate surface area is 137 Å². The average molecular weight is 337 g/mol. The SMILES string of the molecule is CCc1nc(SCC(N)=O)c2c3c(sc2n1)COC(C)(C)C3. The first-order valence-electron chi connectivity index (χ1n) is 7.26. The number of hydrogen-bond donors (Lipinski definition) is 1. The molecule has 3 rings (SSSR count). The predicted octanol–water partition coefficient (Wildman–Crippen LogP) is 2.68. The van der Waals surface area contributed by atoms with Gasteiger partial charge in [-0.15, -0.1) is 11.3 Å². The van der Waals surface area contributed by atoms with E-state index in [4.69, 9.17) is 10.5 Å². The van der Waals surface area contributed by atoms with Crippen LogP contribution in [0.15, 0.2) is 5.03 Å². The smallest absolute Gasteiger partial charge is 0.227 e. The summed E-state index contributed by atoms with van der Waals surface area (Å²) in [6, 6.07) is 0. The third kappa shape index (κ3) is 2.98. The van der Waals surface area contributed by atoms with Gasteiger partial charge in [-0.3, -0.25) is 4.79 Å². The number of amides is 1. The van der Waals surface area contributed by atoms with Crippen LogP contribution in [0, 0.1) is 0 Å². The molecule has 0 unspecified atom stereocenters. The molecule has 2 N–H and O–H groups in total. The monoisotopic (exact) mass is 337 g/mol. The van der Waals surface area contributed by atoms with Crippen LogP contribution in [0.2, 0.25) is 0 Å². The van der Waals surface area contributed by atoms with Gasteiger partial charge in [0.1, 0.15) is 15.7 Å². The van der Waals surface area contributed by atoms with Crippen LogP contribution in [-0.4, -0.2) is 27.2 Å². The molecule has 0 saturated heterocycles. The van der Waals surface area contributed by atoms with E-state index >= 15 is 0 Å². The van der Waals surface area contributed by atoms with Gasteiger partial charge < -0.3 is 10.5 Å². The van der Waals surface area contributed by atoms with Gasteiger partial charge in [0.05, 0.1) is 18.0 Å². The highest BCUT2D eigenvalue weighted by atomic mass is 32.2. The molecule has 0 fully saturated rings. The number of primary amides is 1. The van der Waals surface area contributed by atoms with Crippen LogP contribution in [0.5, 0.6) is 0 Å². The number of carbonyl (C=O) groups is 1. The maximum atomic E-state index is 11.1. The van der Waals surface area contributed by atoms with Crippen molar-refractivity contribution in [2.24, 2.45) is 5.73 Å². The van der Waals surface area contributed by atoms with Crippen LogP contribution in [0.25, 0.3) is 10.2 Å². The van der Waals surface area contributed by atoms with Crippen molar-refractivity contribution in [2.75, 3.05) is 5.75 Å². The van der Waals surface area contributed by atoms with Gasteiger partial charge in [-0.25, -0.2) is 9.97 Å². The maximum Gasteiger partial charge on any atom is 0.227 e. The molecule has 118 valence electrons. The van der Waals surface area contributed by atoms with E-state index in [1.807, 2.05) is 6.92 Å². The van der Waals surface area contributed by atoms with Crippen LogP contribution < -0.4 is 5.73 Å². The molecule has 0 aromatic carbocycles. The summed E-state index contributed by atoms with van der Waals surface area (Å²) in [4.78, 5) is 22.6. The van der Waals surface area contributed by atoms with Crippen LogP contribution >= 0.6 is 23.1 Å². The molecule has 0 atom stereocenters. The van der Waals surface area contributed by atoms with E-state index in [-0.39, 0.29) is 17.3 Å². The number of aryl methyl sites for hydroxylation is 1. The van der Waals surface area contributed by atoms with Gasteiger partial charge in [-0.05, 0) is 19.4 Å². The lowest BCUT2D eigenvalue weighted by Crippen LogP contribution is -2.31. The molecule has 0 bridgehead atoms. The number of rotatable bonds is 4. The minimum atomic E-state index is -0.331. The second kappa shape index (κ2) is 5.79. The zero-order valence-electron chi connectivity index (χ0n) is 12.9. The quantitative estimate of drug-likeness (QED) is 0.685. The minimum absolute atomic E-state index is 0.184. The zero-order valence-corrected chi connectivity index (χ0v) is 14.6. The summed E-state index contributed by atoms with van der Waals surface area (Å²) in [5.74, 6) is 0.709. The first kappa shape index (κ1) is 15.7. The van der Waals surface area contributed by atoms with E-state index in [9.17, 15) is 4.79 Å². The number of hydrogen-bond acceptors (Lipinski definition) is 6. The second-order valence-corrected chi connectivity index (χ2v) is 8.01. The predicted molar refractivity (Wildman–Crippen MR) is 89.3 cm³/mol. The number of nitrogens with two attached hydrogens (primary N) is 1. The van der Waals surface area contributed by atoms with E-state index in [1.165, 1.54) is 22.2 Å². The molecule has 1 aliphatic heterocycles. The van der Waals surface area contributed by atoms with Crippen molar-refractivity contribution in [2.45, 2.75) is 50.8 Å². The molecule has 0 aliphatic carbocycles. The van der Waals surface area contributed by atoms with Gasteiger partial charge in [0.2, 0.25) is 5.91 Å². The summed E-state index contributed by atoms with van der Waals surface area (Å²) in [7, 11) is 0. The van der Waals surface area contributed by atoms with Crippen LogP contribution in [0.4, 0.5) is 0 Å². The highest BCUT2D eigenvalue weighted by molar-refractivity contribution is 8.00.